The molecule has 2 aromatic carbocycles. The summed E-state index contributed by atoms with van der Waals surface area (Å²) in [5.74, 6) is 1.16. The normalized spacial score (nSPS) is 16.0. The van der Waals surface area contributed by atoms with Crippen LogP contribution in [-0.4, -0.2) is 49.8 Å². The first-order valence-electron chi connectivity index (χ1n) is 14.4. The number of imidazole rings is 1. The number of ether oxygens (including phenoxy) is 3. The monoisotopic (exact) mass is 592 g/mol. The van der Waals surface area contributed by atoms with E-state index >= 15 is 0 Å². The third-order valence-electron chi connectivity index (χ3n) is 8.11. The smallest absolute Gasteiger partial charge is 0.337 e. The fourth-order valence-corrected chi connectivity index (χ4v) is 5.69. The van der Waals surface area contributed by atoms with Crippen molar-refractivity contribution >= 4 is 17.0 Å². The number of nitriles is 1. The van der Waals surface area contributed by atoms with Crippen LogP contribution in [-0.2, 0) is 42.3 Å². The number of carbonyl (C=O) groups is 1. The second-order valence-corrected chi connectivity index (χ2v) is 11.0. The summed E-state index contributed by atoms with van der Waals surface area (Å²) in [4.78, 5) is 24.1. The maximum atomic E-state index is 14.3. The summed E-state index contributed by atoms with van der Waals surface area (Å²) in [6.07, 6.45) is 5.30. The zero-order valence-corrected chi connectivity index (χ0v) is 24.1. The van der Waals surface area contributed by atoms with Gasteiger partial charge in [-0.15, -0.1) is 0 Å². The molecular weight excluding hydrogens is 563 g/mol. The Morgan fingerprint density at radius 3 is 2.64 bits per heavy atom. The van der Waals surface area contributed by atoms with Gasteiger partial charge < -0.3 is 23.3 Å². The van der Waals surface area contributed by atoms with Gasteiger partial charge in [-0.3, -0.25) is 4.90 Å². The summed E-state index contributed by atoms with van der Waals surface area (Å²) in [5.41, 5.74) is 5.27. The van der Waals surface area contributed by atoms with Crippen molar-refractivity contribution in [3.63, 3.8) is 0 Å². The minimum Gasteiger partial charge on any atom is -0.473 e. The molecular formula is C33H29FN6O4. The SMILES string of the molecule is COC(=O)c1ccc2nc(CN3Cc4cn(-c5cccc(OCc6ccc(C#N)cc6F)n5)cc4C3)n(C[C@@H]3CCO3)c2c1. The molecule has 44 heavy (non-hydrogen) atoms. The van der Waals surface area contributed by atoms with Gasteiger partial charge in [0.2, 0.25) is 5.88 Å². The Bertz CT molecular complexity index is 1900. The Balaban J connectivity index is 1.05. The van der Waals surface area contributed by atoms with Crippen LogP contribution in [0.3, 0.4) is 0 Å². The van der Waals surface area contributed by atoms with Crippen molar-refractivity contribution in [1.82, 2.24) is 24.0 Å². The summed E-state index contributed by atoms with van der Waals surface area (Å²) in [6, 6.07) is 17.2. The van der Waals surface area contributed by atoms with Crippen molar-refractivity contribution < 1.29 is 23.4 Å². The number of hydrogen-bond acceptors (Lipinski definition) is 8. The third kappa shape index (κ3) is 5.41. The van der Waals surface area contributed by atoms with Gasteiger partial charge in [-0.2, -0.15) is 10.2 Å². The van der Waals surface area contributed by atoms with Gasteiger partial charge in [0, 0.05) is 43.7 Å². The van der Waals surface area contributed by atoms with Crippen LogP contribution in [0.15, 0.2) is 67.0 Å². The van der Waals surface area contributed by atoms with Crippen LogP contribution in [0.5, 0.6) is 5.88 Å². The van der Waals surface area contributed by atoms with Gasteiger partial charge >= 0.3 is 5.97 Å². The highest BCUT2D eigenvalue weighted by Gasteiger charge is 2.26. The van der Waals surface area contributed by atoms with Crippen molar-refractivity contribution in [2.24, 2.45) is 0 Å². The Kier molecular flexibility index (Phi) is 7.29. The van der Waals surface area contributed by atoms with Crippen molar-refractivity contribution in [1.29, 1.82) is 5.26 Å². The lowest BCUT2D eigenvalue weighted by molar-refractivity contribution is -0.0592. The van der Waals surface area contributed by atoms with Crippen LogP contribution in [0.25, 0.3) is 16.9 Å². The number of benzene rings is 2. The van der Waals surface area contributed by atoms with E-state index in [1.165, 1.54) is 24.3 Å². The highest BCUT2D eigenvalue weighted by atomic mass is 19.1. The average molecular weight is 593 g/mol. The average Bonchev–Trinajstić information content (AvgIpc) is 3.69. The molecule has 1 atom stereocenters. The van der Waals surface area contributed by atoms with Gasteiger partial charge in [-0.25, -0.2) is 14.2 Å². The van der Waals surface area contributed by atoms with Crippen LogP contribution in [0, 0.1) is 17.1 Å². The lowest BCUT2D eigenvalue weighted by Gasteiger charge is -2.28. The number of aromatic nitrogens is 4. The zero-order valence-electron chi connectivity index (χ0n) is 24.1. The molecule has 2 aliphatic rings. The van der Waals surface area contributed by atoms with Gasteiger partial charge in [0.05, 0.1) is 54.5 Å². The zero-order chi connectivity index (χ0) is 30.2. The van der Waals surface area contributed by atoms with Crippen LogP contribution in [0.4, 0.5) is 4.39 Å². The molecule has 0 aliphatic carbocycles. The van der Waals surface area contributed by atoms with E-state index in [9.17, 15) is 9.18 Å². The first-order valence-corrected chi connectivity index (χ1v) is 14.4. The number of methoxy groups -OCH3 is 1. The molecule has 0 unspecified atom stereocenters. The summed E-state index contributed by atoms with van der Waals surface area (Å²) >= 11 is 0. The van der Waals surface area contributed by atoms with E-state index in [-0.39, 0.29) is 24.2 Å². The largest absolute Gasteiger partial charge is 0.473 e. The van der Waals surface area contributed by atoms with Crippen LogP contribution >= 0.6 is 0 Å². The number of halogens is 1. The lowest BCUT2D eigenvalue weighted by Crippen LogP contribution is -2.32. The first-order chi connectivity index (χ1) is 21.5. The molecule has 0 saturated carbocycles. The van der Waals surface area contributed by atoms with Crippen LogP contribution < -0.4 is 4.74 Å². The number of rotatable bonds is 9. The number of hydrogen-bond donors (Lipinski definition) is 0. The Morgan fingerprint density at radius 1 is 1.11 bits per heavy atom. The maximum Gasteiger partial charge on any atom is 0.337 e. The third-order valence-corrected chi connectivity index (χ3v) is 8.11. The van der Waals surface area contributed by atoms with Gasteiger partial charge in [-0.05, 0) is 53.9 Å². The van der Waals surface area contributed by atoms with Crippen molar-refractivity contribution in [2.45, 2.75) is 45.3 Å². The topological polar surface area (TPSA) is 107 Å². The molecule has 10 nitrogen and oxygen atoms in total. The Morgan fingerprint density at radius 2 is 1.93 bits per heavy atom. The number of esters is 1. The summed E-state index contributed by atoms with van der Waals surface area (Å²) in [5, 5.41) is 8.95. The Labute approximate surface area is 252 Å². The van der Waals surface area contributed by atoms with E-state index in [1.54, 1.807) is 24.3 Å². The van der Waals surface area contributed by atoms with E-state index in [1.807, 2.05) is 34.9 Å². The van der Waals surface area contributed by atoms with Crippen molar-refractivity contribution in [2.75, 3.05) is 13.7 Å². The minimum absolute atomic E-state index is 0.00673. The lowest BCUT2D eigenvalue weighted by atomic mass is 10.1. The molecule has 0 amide bonds. The van der Waals surface area contributed by atoms with Gasteiger partial charge in [0.25, 0.3) is 0 Å². The van der Waals surface area contributed by atoms with Gasteiger partial charge in [0.1, 0.15) is 24.1 Å². The molecule has 0 N–H and O–H groups in total. The molecule has 0 bridgehead atoms. The number of fused-ring (bicyclic) bond motifs is 2. The van der Waals surface area contributed by atoms with Crippen molar-refractivity contribution in [3.05, 3.63) is 106 Å². The molecule has 7 rings (SSSR count). The predicted molar refractivity (Wildman–Crippen MR) is 157 cm³/mol. The number of pyridine rings is 1. The van der Waals surface area contributed by atoms with Crippen LogP contribution in [0.1, 0.15) is 44.9 Å². The highest BCUT2D eigenvalue weighted by Crippen LogP contribution is 2.29. The first kappa shape index (κ1) is 27.8. The quantitative estimate of drug-likeness (QED) is 0.223. The molecule has 1 fully saturated rings. The molecule has 5 heterocycles. The fourth-order valence-electron chi connectivity index (χ4n) is 5.69. The summed E-state index contributed by atoms with van der Waals surface area (Å²) in [6.45, 7) is 3.62. The highest BCUT2D eigenvalue weighted by molar-refractivity contribution is 5.93. The molecule has 0 radical (unpaired) electrons. The van der Waals surface area contributed by atoms with Gasteiger partial charge in [0.15, 0.2) is 0 Å². The molecule has 3 aromatic heterocycles. The Hall–Kier alpha value is -5.05. The molecule has 0 spiro atoms. The molecule has 1 saturated heterocycles. The molecule has 11 heteroatoms. The second-order valence-electron chi connectivity index (χ2n) is 11.0. The second kappa shape index (κ2) is 11.6. The molecule has 2 aliphatic heterocycles. The predicted octanol–water partition coefficient (Wildman–Crippen LogP) is 4.90. The maximum absolute atomic E-state index is 14.3. The van der Waals surface area contributed by atoms with E-state index in [4.69, 9.17) is 24.5 Å². The van der Waals surface area contributed by atoms with E-state index in [2.05, 4.69) is 26.8 Å². The number of nitrogens with zero attached hydrogens (tertiary/aromatic N) is 6. The molecule has 5 aromatic rings. The summed E-state index contributed by atoms with van der Waals surface area (Å²) in [7, 11) is 1.38. The molecule has 222 valence electrons. The number of carbonyl (C=O) groups excluding carboxylic acids is 1. The summed E-state index contributed by atoms with van der Waals surface area (Å²) < 4.78 is 34.9. The van der Waals surface area contributed by atoms with E-state index in [0.29, 0.717) is 35.9 Å². The minimum atomic E-state index is -0.482. The van der Waals surface area contributed by atoms with Gasteiger partial charge in [-0.1, -0.05) is 12.1 Å². The fraction of sp³-hybridized carbons (Fsp3) is 0.273. The van der Waals surface area contributed by atoms with Crippen molar-refractivity contribution in [3.8, 4) is 17.8 Å². The van der Waals surface area contributed by atoms with Crippen LogP contribution in [0.2, 0.25) is 0 Å². The van der Waals surface area contributed by atoms with E-state index < -0.39 is 5.82 Å². The van der Waals surface area contributed by atoms with E-state index in [0.717, 1.165) is 43.0 Å². The standard InChI is InChI=1S/C33H29FN6O4/c1-42-33(41)22-7-8-28-29(12-22)40(18-26-9-10-43-26)31(36-28)19-38-14-24-16-39(17-25(24)15-38)30-3-2-4-32(37-30)44-20-23-6-5-21(13-35)11-27(23)34/h2-8,11-12,16-17,26H,9-10,14-15,18-20H2,1H3/t26-/m0/s1.